The average Bonchev–Trinajstić information content (AvgIpc) is 2.62. The van der Waals surface area contributed by atoms with Gasteiger partial charge in [-0.2, -0.15) is 0 Å². The van der Waals surface area contributed by atoms with Crippen LogP contribution in [0, 0.1) is 0 Å². The number of aromatic nitrogens is 1. The molecule has 0 saturated carbocycles. The van der Waals surface area contributed by atoms with Crippen LogP contribution in [0.1, 0.15) is 51.6 Å². The molecule has 1 saturated heterocycles. The van der Waals surface area contributed by atoms with Crippen LogP contribution in [0.2, 0.25) is 0 Å². The van der Waals surface area contributed by atoms with Crippen molar-refractivity contribution in [1.82, 2.24) is 9.88 Å². The topological polar surface area (TPSA) is 51.7 Å². The van der Waals surface area contributed by atoms with E-state index in [4.69, 9.17) is 9.47 Å². The Hall–Kier alpha value is -2.56. The molecular weight excluding hydrogens is 328 g/mol. The van der Waals surface area contributed by atoms with Crippen molar-refractivity contribution >= 4 is 6.09 Å². The Morgan fingerprint density at radius 1 is 1.12 bits per heavy atom. The quantitative estimate of drug-likeness (QED) is 0.747. The minimum atomic E-state index is -0.516. The fourth-order valence-electron chi connectivity index (χ4n) is 3.14. The van der Waals surface area contributed by atoms with Gasteiger partial charge < -0.3 is 14.4 Å². The molecule has 1 amide bonds. The lowest BCUT2D eigenvalue weighted by molar-refractivity contribution is 0.00928. The van der Waals surface area contributed by atoms with E-state index in [1.54, 1.807) is 6.20 Å². The second-order valence-electron chi connectivity index (χ2n) is 7.50. The summed E-state index contributed by atoms with van der Waals surface area (Å²) in [6.45, 7) is 6.34. The highest BCUT2D eigenvalue weighted by molar-refractivity contribution is 5.69. The van der Waals surface area contributed by atoms with E-state index in [0.717, 1.165) is 30.6 Å². The molecule has 0 unspecified atom stereocenters. The molecule has 1 aliphatic rings. The second-order valence-corrected chi connectivity index (χ2v) is 7.50. The largest absolute Gasteiger partial charge is 0.444 e. The van der Waals surface area contributed by atoms with Crippen LogP contribution in [0.25, 0.3) is 0 Å². The molecule has 5 heteroatoms. The molecule has 0 aliphatic carbocycles. The van der Waals surface area contributed by atoms with Gasteiger partial charge in [0.25, 0.3) is 0 Å². The van der Waals surface area contributed by atoms with Crippen LogP contribution < -0.4 is 4.74 Å². The van der Waals surface area contributed by atoms with Gasteiger partial charge in [0.2, 0.25) is 5.88 Å². The number of benzene rings is 1. The molecule has 0 spiro atoms. The molecule has 1 fully saturated rings. The number of pyridine rings is 1. The summed E-state index contributed by atoms with van der Waals surface area (Å²) in [6, 6.07) is 13.4. The Morgan fingerprint density at radius 3 is 2.62 bits per heavy atom. The van der Waals surface area contributed by atoms with E-state index in [0.29, 0.717) is 12.4 Å². The van der Waals surface area contributed by atoms with Gasteiger partial charge in [0, 0.05) is 18.3 Å². The Bertz CT molecular complexity index is 740. The molecule has 2 aromatic rings. The van der Waals surface area contributed by atoms with Crippen LogP contribution in [0.5, 0.6) is 11.6 Å². The number of rotatable bonds is 3. The normalized spacial score (nSPS) is 17.7. The molecule has 1 aromatic carbocycles. The maximum atomic E-state index is 12.7. The van der Waals surface area contributed by atoms with Gasteiger partial charge in [0.1, 0.15) is 11.4 Å². The lowest BCUT2D eigenvalue weighted by atomic mass is 9.96. The molecule has 3 rings (SSSR count). The van der Waals surface area contributed by atoms with E-state index >= 15 is 0 Å². The third kappa shape index (κ3) is 4.54. The Morgan fingerprint density at radius 2 is 1.88 bits per heavy atom. The minimum absolute atomic E-state index is 0.0917. The summed E-state index contributed by atoms with van der Waals surface area (Å²) in [5.74, 6) is 1.27. The number of nitrogens with zero attached hydrogens (tertiary/aromatic N) is 2. The van der Waals surface area contributed by atoms with Crippen molar-refractivity contribution in [2.24, 2.45) is 0 Å². The highest BCUT2D eigenvalue weighted by atomic mass is 16.6. The summed E-state index contributed by atoms with van der Waals surface area (Å²) in [6.07, 6.45) is 4.34. The molecule has 1 aliphatic heterocycles. The predicted molar refractivity (Wildman–Crippen MR) is 100 cm³/mol. The second kappa shape index (κ2) is 7.77. The number of likely N-dealkylation sites (tertiary alicyclic amines) is 1. The van der Waals surface area contributed by atoms with Crippen molar-refractivity contribution < 1.29 is 14.3 Å². The van der Waals surface area contributed by atoms with Crippen molar-refractivity contribution in [1.29, 1.82) is 0 Å². The molecule has 0 radical (unpaired) electrons. The van der Waals surface area contributed by atoms with Gasteiger partial charge in [0.05, 0.1) is 6.04 Å². The third-order valence-corrected chi connectivity index (χ3v) is 4.25. The van der Waals surface area contributed by atoms with Gasteiger partial charge in [-0.1, -0.05) is 18.2 Å². The number of para-hydroxylation sites is 1. The molecule has 138 valence electrons. The van der Waals surface area contributed by atoms with Crippen molar-refractivity contribution in [2.75, 3.05) is 6.54 Å². The van der Waals surface area contributed by atoms with Gasteiger partial charge in [-0.05, 0) is 64.3 Å². The van der Waals surface area contributed by atoms with Crippen molar-refractivity contribution in [3.8, 4) is 11.6 Å². The van der Waals surface area contributed by atoms with Crippen LogP contribution in [-0.2, 0) is 4.74 Å². The summed E-state index contributed by atoms with van der Waals surface area (Å²) in [5, 5.41) is 0. The van der Waals surface area contributed by atoms with Gasteiger partial charge in [-0.25, -0.2) is 9.78 Å². The van der Waals surface area contributed by atoms with Gasteiger partial charge in [-0.3, -0.25) is 0 Å². The zero-order valence-electron chi connectivity index (χ0n) is 15.6. The first kappa shape index (κ1) is 18.2. The summed E-state index contributed by atoms with van der Waals surface area (Å²) in [5.41, 5.74) is 0.402. The van der Waals surface area contributed by atoms with Gasteiger partial charge in [-0.15, -0.1) is 0 Å². The van der Waals surface area contributed by atoms with E-state index in [9.17, 15) is 4.79 Å². The SMILES string of the molecule is CC(C)(C)OC(=O)N1CCCC[C@H]1c1cccnc1Oc1ccccc1. The van der Waals surface area contributed by atoms with E-state index in [2.05, 4.69) is 4.98 Å². The highest BCUT2D eigenvalue weighted by Gasteiger charge is 2.33. The molecule has 26 heavy (non-hydrogen) atoms. The number of carbonyl (C=O) groups is 1. The average molecular weight is 354 g/mol. The van der Waals surface area contributed by atoms with E-state index in [-0.39, 0.29) is 12.1 Å². The third-order valence-electron chi connectivity index (χ3n) is 4.25. The fraction of sp³-hybridized carbons (Fsp3) is 0.429. The summed E-state index contributed by atoms with van der Waals surface area (Å²) in [4.78, 5) is 18.9. The molecule has 0 bridgehead atoms. The number of amides is 1. The Labute approximate surface area is 155 Å². The summed E-state index contributed by atoms with van der Waals surface area (Å²) < 4.78 is 11.6. The molecule has 0 N–H and O–H groups in total. The van der Waals surface area contributed by atoms with Gasteiger partial charge >= 0.3 is 6.09 Å². The molecule has 5 nitrogen and oxygen atoms in total. The van der Waals surface area contributed by atoms with Crippen LogP contribution in [-0.4, -0.2) is 28.1 Å². The molecule has 2 heterocycles. The van der Waals surface area contributed by atoms with Crippen LogP contribution >= 0.6 is 0 Å². The van der Waals surface area contributed by atoms with Crippen LogP contribution in [0.3, 0.4) is 0 Å². The van der Waals surface area contributed by atoms with Crippen molar-refractivity contribution in [3.63, 3.8) is 0 Å². The Kier molecular flexibility index (Phi) is 5.45. The van der Waals surface area contributed by atoms with Crippen molar-refractivity contribution in [3.05, 3.63) is 54.2 Å². The van der Waals surface area contributed by atoms with Crippen LogP contribution in [0.4, 0.5) is 4.79 Å². The number of hydrogen-bond donors (Lipinski definition) is 0. The standard InChI is InChI=1S/C21H26N2O3/c1-21(2,3)26-20(24)23-15-8-7-13-18(23)17-12-9-14-22-19(17)25-16-10-5-4-6-11-16/h4-6,9-12,14,18H,7-8,13,15H2,1-3H3/t18-/m0/s1. The molecule has 1 atom stereocenters. The maximum Gasteiger partial charge on any atom is 0.410 e. The number of ether oxygens (including phenoxy) is 2. The van der Waals surface area contributed by atoms with Crippen LogP contribution in [0.15, 0.2) is 48.7 Å². The molecule has 1 aromatic heterocycles. The van der Waals surface area contributed by atoms with E-state index in [1.165, 1.54) is 0 Å². The first-order valence-corrected chi connectivity index (χ1v) is 9.11. The highest BCUT2D eigenvalue weighted by Crippen LogP contribution is 2.37. The number of hydrogen-bond acceptors (Lipinski definition) is 4. The summed E-state index contributed by atoms with van der Waals surface area (Å²) in [7, 11) is 0. The maximum absolute atomic E-state index is 12.7. The number of piperidine rings is 1. The smallest absolute Gasteiger partial charge is 0.410 e. The van der Waals surface area contributed by atoms with E-state index < -0.39 is 5.60 Å². The first-order valence-electron chi connectivity index (χ1n) is 9.11. The van der Waals surface area contributed by atoms with Gasteiger partial charge in [0.15, 0.2) is 0 Å². The predicted octanol–water partition coefficient (Wildman–Crippen LogP) is 5.34. The zero-order chi connectivity index (χ0) is 18.6. The first-order chi connectivity index (χ1) is 12.4. The zero-order valence-corrected chi connectivity index (χ0v) is 15.6. The molecular formula is C21H26N2O3. The Balaban J connectivity index is 1.87. The van der Waals surface area contributed by atoms with Crippen molar-refractivity contribution in [2.45, 2.75) is 51.7 Å². The fourth-order valence-corrected chi connectivity index (χ4v) is 3.14. The monoisotopic (exact) mass is 354 g/mol. The summed E-state index contributed by atoms with van der Waals surface area (Å²) >= 11 is 0. The lowest BCUT2D eigenvalue weighted by Gasteiger charge is -2.37. The minimum Gasteiger partial charge on any atom is -0.444 e. The van der Waals surface area contributed by atoms with E-state index in [1.807, 2.05) is 68.1 Å². The number of carbonyl (C=O) groups excluding carboxylic acids is 1. The lowest BCUT2D eigenvalue weighted by Crippen LogP contribution is -2.42.